The number of anilines is 3. The van der Waals surface area contributed by atoms with Crippen molar-refractivity contribution in [1.29, 1.82) is 0 Å². The molecule has 2 saturated heterocycles. The number of ether oxygens (including phenoxy) is 1. The molecule has 2 fully saturated rings. The zero-order chi connectivity index (χ0) is 14.7. The average molecular weight is 293 g/mol. The van der Waals surface area contributed by atoms with Gasteiger partial charge in [0.2, 0.25) is 17.8 Å². The molecule has 8 heteroatoms. The molecule has 0 aromatic carbocycles. The first-order valence-electron chi connectivity index (χ1n) is 7.54. The molecule has 0 aliphatic carbocycles. The second-order valence-corrected chi connectivity index (χ2v) is 5.88. The van der Waals surface area contributed by atoms with Crippen molar-refractivity contribution in [2.24, 2.45) is 5.84 Å². The van der Waals surface area contributed by atoms with Crippen LogP contribution in [0.5, 0.6) is 0 Å². The molecule has 1 unspecified atom stereocenters. The van der Waals surface area contributed by atoms with Crippen LogP contribution in [0.4, 0.5) is 17.8 Å². The number of hydrogen-bond acceptors (Lipinski definition) is 8. The van der Waals surface area contributed by atoms with Crippen molar-refractivity contribution in [3.63, 3.8) is 0 Å². The van der Waals surface area contributed by atoms with Crippen LogP contribution in [0.25, 0.3) is 0 Å². The number of nitrogen functional groups attached to an aromatic ring is 1. The van der Waals surface area contributed by atoms with Gasteiger partial charge in [0.25, 0.3) is 0 Å². The molecule has 1 aromatic rings. The normalized spacial score (nSPS) is 25.3. The zero-order valence-corrected chi connectivity index (χ0v) is 12.4. The molecule has 0 amide bonds. The highest BCUT2D eigenvalue weighted by Crippen LogP contribution is 2.25. The Bertz CT molecular complexity index is 483. The first kappa shape index (κ1) is 14.3. The molecule has 0 saturated carbocycles. The van der Waals surface area contributed by atoms with E-state index in [0.29, 0.717) is 24.4 Å². The summed E-state index contributed by atoms with van der Waals surface area (Å²) in [6.07, 6.45) is 4.49. The van der Waals surface area contributed by atoms with E-state index in [1.807, 2.05) is 0 Å². The first-order chi connectivity index (χ1) is 10.2. The smallest absolute Gasteiger partial charge is 0.243 e. The van der Waals surface area contributed by atoms with Gasteiger partial charge in [-0.2, -0.15) is 15.0 Å². The molecule has 0 spiro atoms. The van der Waals surface area contributed by atoms with Crippen molar-refractivity contribution in [2.75, 3.05) is 41.9 Å². The minimum Gasteiger partial charge on any atom is -0.373 e. The fourth-order valence-electron chi connectivity index (χ4n) is 2.81. The van der Waals surface area contributed by atoms with Crippen LogP contribution < -0.4 is 21.5 Å². The highest BCUT2D eigenvalue weighted by atomic mass is 16.5. The van der Waals surface area contributed by atoms with E-state index in [2.05, 4.69) is 37.5 Å². The Morgan fingerprint density at radius 1 is 1.19 bits per heavy atom. The monoisotopic (exact) mass is 293 g/mol. The minimum absolute atomic E-state index is 0.142. The van der Waals surface area contributed by atoms with Crippen LogP contribution in [-0.4, -0.2) is 46.8 Å². The van der Waals surface area contributed by atoms with E-state index in [-0.39, 0.29) is 5.60 Å². The molecule has 21 heavy (non-hydrogen) atoms. The van der Waals surface area contributed by atoms with Gasteiger partial charge < -0.3 is 15.0 Å². The van der Waals surface area contributed by atoms with Crippen LogP contribution in [-0.2, 0) is 4.74 Å². The van der Waals surface area contributed by atoms with E-state index in [0.717, 1.165) is 32.5 Å². The van der Waals surface area contributed by atoms with Crippen LogP contribution in [0, 0.1) is 0 Å². The highest BCUT2D eigenvalue weighted by Gasteiger charge is 2.30. The Morgan fingerprint density at radius 3 is 2.62 bits per heavy atom. The van der Waals surface area contributed by atoms with Gasteiger partial charge in [-0.1, -0.05) is 0 Å². The summed E-state index contributed by atoms with van der Waals surface area (Å²) in [4.78, 5) is 15.2. The summed E-state index contributed by atoms with van der Waals surface area (Å²) in [6.45, 7) is 5.57. The Morgan fingerprint density at radius 2 is 1.95 bits per heavy atom. The van der Waals surface area contributed by atoms with E-state index >= 15 is 0 Å². The second-order valence-electron chi connectivity index (χ2n) is 5.88. The Kier molecular flexibility index (Phi) is 4.07. The van der Waals surface area contributed by atoms with Gasteiger partial charge in [-0.3, -0.25) is 5.43 Å². The molecule has 1 atom stereocenters. The van der Waals surface area contributed by atoms with Crippen molar-refractivity contribution in [1.82, 2.24) is 15.0 Å². The molecule has 4 N–H and O–H groups in total. The van der Waals surface area contributed by atoms with Crippen LogP contribution in [0.3, 0.4) is 0 Å². The number of nitrogens with two attached hydrogens (primary N) is 1. The molecule has 1 aromatic heterocycles. The first-order valence-corrected chi connectivity index (χ1v) is 7.54. The van der Waals surface area contributed by atoms with Crippen molar-refractivity contribution < 1.29 is 4.74 Å². The topological polar surface area (TPSA) is 101 Å². The minimum atomic E-state index is -0.142. The van der Waals surface area contributed by atoms with Crippen molar-refractivity contribution in [3.8, 4) is 0 Å². The predicted molar refractivity (Wildman–Crippen MR) is 81.2 cm³/mol. The maximum absolute atomic E-state index is 5.76. The summed E-state index contributed by atoms with van der Waals surface area (Å²) < 4.78 is 5.76. The van der Waals surface area contributed by atoms with Crippen LogP contribution in [0.2, 0.25) is 0 Å². The zero-order valence-electron chi connectivity index (χ0n) is 12.4. The standard InChI is InChI=1S/C13H23N7O/c1-13(5-4-8-21-13)9-15-10-16-11(19-14)18-12(17-10)20-6-2-3-7-20/h2-9,14H2,1H3,(H2,15,16,17,18,19). The van der Waals surface area contributed by atoms with Gasteiger partial charge in [0, 0.05) is 26.2 Å². The molecular formula is C13H23N7O. The largest absolute Gasteiger partial charge is 0.373 e. The maximum Gasteiger partial charge on any atom is 0.243 e. The molecular weight excluding hydrogens is 270 g/mol. The lowest BCUT2D eigenvalue weighted by Gasteiger charge is -2.24. The maximum atomic E-state index is 5.76. The molecule has 0 bridgehead atoms. The summed E-state index contributed by atoms with van der Waals surface area (Å²) in [6, 6.07) is 0. The van der Waals surface area contributed by atoms with E-state index in [1.54, 1.807) is 0 Å². The van der Waals surface area contributed by atoms with E-state index < -0.39 is 0 Å². The molecule has 3 rings (SSSR count). The molecule has 8 nitrogen and oxygen atoms in total. The highest BCUT2D eigenvalue weighted by molar-refractivity contribution is 5.44. The third-order valence-electron chi connectivity index (χ3n) is 4.06. The van der Waals surface area contributed by atoms with Crippen molar-refractivity contribution in [3.05, 3.63) is 0 Å². The molecule has 3 heterocycles. The van der Waals surface area contributed by atoms with Gasteiger partial charge >= 0.3 is 0 Å². The number of nitrogens with zero attached hydrogens (tertiary/aromatic N) is 4. The SMILES string of the molecule is CC1(CNc2nc(NN)nc(N3CCCC3)n2)CCCO1. The van der Waals surface area contributed by atoms with Gasteiger partial charge in [0.05, 0.1) is 5.60 Å². The Labute approximate surface area is 124 Å². The summed E-state index contributed by atoms with van der Waals surface area (Å²) in [5, 5.41) is 3.26. The third-order valence-corrected chi connectivity index (χ3v) is 4.06. The van der Waals surface area contributed by atoms with E-state index in [4.69, 9.17) is 10.6 Å². The average Bonchev–Trinajstić information content (AvgIpc) is 3.17. The number of nitrogens with one attached hydrogen (secondary N) is 2. The molecule has 0 radical (unpaired) electrons. The predicted octanol–water partition coefficient (Wildman–Crippen LogP) is 0.738. The molecule has 2 aliphatic heterocycles. The summed E-state index contributed by atoms with van der Waals surface area (Å²) in [5.74, 6) is 7.05. The van der Waals surface area contributed by atoms with Gasteiger partial charge in [-0.15, -0.1) is 0 Å². The number of aromatic nitrogens is 3. The molecule has 2 aliphatic rings. The third kappa shape index (κ3) is 3.33. The Balaban J connectivity index is 1.72. The second kappa shape index (κ2) is 5.98. The van der Waals surface area contributed by atoms with Gasteiger partial charge in [0.1, 0.15) is 0 Å². The summed E-state index contributed by atoms with van der Waals surface area (Å²) >= 11 is 0. The Hall–Kier alpha value is -1.67. The fourth-order valence-corrected chi connectivity index (χ4v) is 2.81. The van der Waals surface area contributed by atoms with E-state index in [9.17, 15) is 0 Å². The van der Waals surface area contributed by atoms with Crippen molar-refractivity contribution in [2.45, 2.75) is 38.2 Å². The van der Waals surface area contributed by atoms with Crippen LogP contribution >= 0.6 is 0 Å². The van der Waals surface area contributed by atoms with Crippen LogP contribution in [0.1, 0.15) is 32.6 Å². The van der Waals surface area contributed by atoms with Crippen molar-refractivity contribution >= 4 is 17.8 Å². The number of rotatable bonds is 5. The fraction of sp³-hybridized carbons (Fsp3) is 0.769. The molecule has 116 valence electrons. The lowest BCUT2D eigenvalue weighted by atomic mass is 10.0. The lowest BCUT2D eigenvalue weighted by Crippen LogP contribution is -2.33. The van der Waals surface area contributed by atoms with Gasteiger partial charge in [-0.05, 0) is 32.6 Å². The quantitative estimate of drug-likeness (QED) is 0.540. The number of hydrazine groups is 1. The van der Waals surface area contributed by atoms with E-state index in [1.165, 1.54) is 12.8 Å². The van der Waals surface area contributed by atoms with Crippen LogP contribution in [0.15, 0.2) is 0 Å². The summed E-state index contributed by atoms with van der Waals surface area (Å²) in [7, 11) is 0. The lowest BCUT2D eigenvalue weighted by molar-refractivity contribution is 0.0314. The summed E-state index contributed by atoms with van der Waals surface area (Å²) in [5.41, 5.74) is 2.37. The van der Waals surface area contributed by atoms with Gasteiger partial charge in [-0.25, -0.2) is 5.84 Å². The van der Waals surface area contributed by atoms with Gasteiger partial charge in [0.15, 0.2) is 0 Å². The number of hydrogen-bond donors (Lipinski definition) is 3.